The minimum atomic E-state index is -0.187. The van der Waals surface area contributed by atoms with Crippen LogP contribution in [0.4, 0.5) is 5.69 Å². The fourth-order valence-corrected chi connectivity index (χ4v) is 5.04. The molecule has 1 amide bonds. The molecule has 34 heavy (non-hydrogen) atoms. The summed E-state index contributed by atoms with van der Waals surface area (Å²) >= 11 is 1.25. The second-order valence-electron chi connectivity index (χ2n) is 8.43. The number of hydrogen-bond acceptors (Lipinski definition) is 4. The van der Waals surface area contributed by atoms with Gasteiger partial charge >= 0.3 is 0 Å². The summed E-state index contributed by atoms with van der Waals surface area (Å²) in [6.45, 7) is 5.95. The van der Waals surface area contributed by atoms with Crippen LogP contribution in [-0.4, -0.2) is 26.2 Å². The summed E-state index contributed by atoms with van der Waals surface area (Å²) in [6, 6.07) is 21.3. The highest BCUT2D eigenvalue weighted by Crippen LogP contribution is 2.27. The molecule has 0 saturated heterocycles. The average molecular weight is 469 g/mol. The number of nitrogens with one attached hydrogen (secondary N) is 2. The van der Waals surface area contributed by atoms with E-state index in [1.165, 1.54) is 11.8 Å². The zero-order valence-electron chi connectivity index (χ0n) is 19.2. The molecule has 170 valence electrons. The Bertz CT molecular complexity index is 1600. The third kappa shape index (κ3) is 4.10. The third-order valence-electron chi connectivity index (χ3n) is 5.69. The summed E-state index contributed by atoms with van der Waals surface area (Å²) in [5, 5.41) is 4.32. The number of aromatic amines is 1. The molecule has 2 heterocycles. The van der Waals surface area contributed by atoms with Gasteiger partial charge in [0.25, 0.3) is 5.56 Å². The second kappa shape index (κ2) is 8.83. The molecule has 0 bridgehead atoms. The first-order valence-corrected chi connectivity index (χ1v) is 12.0. The van der Waals surface area contributed by atoms with Crippen LogP contribution in [0.25, 0.3) is 27.6 Å². The van der Waals surface area contributed by atoms with Crippen LogP contribution >= 0.6 is 11.8 Å². The number of carbonyl (C=O) groups excluding carboxylic acids is 1. The Morgan fingerprint density at radius 1 is 1.00 bits per heavy atom. The molecule has 0 aliphatic carbocycles. The maximum Gasteiger partial charge on any atom is 0.283 e. The van der Waals surface area contributed by atoms with E-state index in [0.29, 0.717) is 16.2 Å². The summed E-state index contributed by atoms with van der Waals surface area (Å²) < 4.78 is 1.60. The predicted octanol–water partition coefficient (Wildman–Crippen LogP) is 5.52. The minimum absolute atomic E-state index is 0.124. The van der Waals surface area contributed by atoms with Crippen molar-refractivity contribution >= 4 is 45.3 Å². The van der Waals surface area contributed by atoms with Gasteiger partial charge in [0, 0.05) is 16.6 Å². The van der Waals surface area contributed by atoms with E-state index < -0.39 is 0 Å². The monoisotopic (exact) mass is 468 g/mol. The van der Waals surface area contributed by atoms with Gasteiger partial charge in [0.05, 0.1) is 11.4 Å². The number of rotatable bonds is 5. The van der Waals surface area contributed by atoms with Crippen LogP contribution in [0, 0.1) is 20.8 Å². The molecule has 7 heteroatoms. The zero-order chi connectivity index (χ0) is 23.8. The number of nitrogens with zero attached hydrogens (tertiary/aromatic N) is 2. The van der Waals surface area contributed by atoms with Gasteiger partial charge in [-0.3, -0.25) is 14.2 Å². The summed E-state index contributed by atoms with van der Waals surface area (Å²) in [5.41, 5.74) is 6.36. The molecule has 5 rings (SSSR count). The van der Waals surface area contributed by atoms with Crippen LogP contribution in [0.1, 0.15) is 16.7 Å². The van der Waals surface area contributed by atoms with Crippen LogP contribution in [-0.2, 0) is 4.79 Å². The smallest absolute Gasteiger partial charge is 0.283 e. The molecule has 0 aliphatic heterocycles. The number of aromatic nitrogens is 3. The Hall–Kier alpha value is -3.84. The summed E-state index contributed by atoms with van der Waals surface area (Å²) in [6.07, 6.45) is 0. The van der Waals surface area contributed by atoms with Gasteiger partial charge in [-0.15, -0.1) is 0 Å². The number of anilines is 1. The molecule has 2 N–H and O–H groups in total. The van der Waals surface area contributed by atoms with E-state index in [-0.39, 0.29) is 17.2 Å². The lowest BCUT2D eigenvalue weighted by atomic mass is 10.1. The van der Waals surface area contributed by atoms with Crippen LogP contribution in [0.5, 0.6) is 0 Å². The predicted molar refractivity (Wildman–Crippen MR) is 139 cm³/mol. The fourth-order valence-electron chi connectivity index (χ4n) is 4.24. The lowest BCUT2D eigenvalue weighted by Crippen LogP contribution is -2.23. The summed E-state index contributed by atoms with van der Waals surface area (Å²) in [4.78, 5) is 34.5. The third-order valence-corrected chi connectivity index (χ3v) is 6.63. The first-order valence-electron chi connectivity index (χ1n) is 11.0. The number of hydrogen-bond donors (Lipinski definition) is 2. The van der Waals surface area contributed by atoms with Gasteiger partial charge in [-0.05, 0) is 61.7 Å². The maximum absolute atomic E-state index is 13.7. The Labute approximate surface area is 201 Å². The van der Waals surface area contributed by atoms with Crippen LogP contribution in [0.2, 0.25) is 0 Å². The number of para-hydroxylation sites is 2. The van der Waals surface area contributed by atoms with E-state index >= 15 is 0 Å². The van der Waals surface area contributed by atoms with Crippen molar-refractivity contribution < 1.29 is 4.79 Å². The molecule has 0 aliphatic rings. The van der Waals surface area contributed by atoms with Crippen molar-refractivity contribution in [3.8, 4) is 5.69 Å². The van der Waals surface area contributed by atoms with Gasteiger partial charge < -0.3 is 10.3 Å². The summed E-state index contributed by atoms with van der Waals surface area (Å²) in [5.74, 6) is -0.0290. The molecule has 0 spiro atoms. The number of fused-ring (bicyclic) bond motifs is 3. The Morgan fingerprint density at radius 3 is 2.47 bits per heavy atom. The van der Waals surface area contributed by atoms with Gasteiger partial charge in [0.15, 0.2) is 5.16 Å². The van der Waals surface area contributed by atoms with E-state index in [9.17, 15) is 9.59 Å². The number of aryl methyl sites for hydroxylation is 3. The number of carbonyl (C=O) groups is 1. The molecule has 0 radical (unpaired) electrons. The molecule has 3 aromatic carbocycles. The lowest BCUT2D eigenvalue weighted by Gasteiger charge is -2.14. The molecule has 0 saturated carbocycles. The van der Waals surface area contributed by atoms with E-state index in [0.717, 1.165) is 39.0 Å². The summed E-state index contributed by atoms with van der Waals surface area (Å²) in [7, 11) is 0. The fraction of sp³-hybridized carbons (Fsp3) is 0.148. The molecule has 6 nitrogen and oxygen atoms in total. The number of H-pyrrole nitrogens is 1. The Kier molecular flexibility index (Phi) is 5.71. The molecular weight excluding hydrogens is 444 g/mol. The van der Waals surface area contributed by atoms with Crippen LogP contribution in [0.3, 0.4) is 0 Å². The molecule has 0 fully saturated rings. The Morgan fingerprint density at radius 2 is 1.71 bits per heavy atom. The van der Waals surface area contributed by atoms with Crippen molar-refractivity contribution in [2.24, 2.45) is 0 Å². The zero-order valence-corrected chi connectivity index (χ0v) is 20.0. The van der Waals surface area contributed by atoms with Crippen molar-refractivity contribution in [1.82, 2.24) is 14.5 Å². The minimum Gasteiger partial charge on any atom is -0.349 e. The molecule has 2 aromatic heterocycles. The van der Waals surface area contributed by atoms with E-state index in [1.807, 2.05) is 81.4 Å². The highest BCUT2D eigenvalue weighted by molar-refractivity contribution is 7.99. The number of thioether (sulfide) groups is 1. The number of amides is 1. The molecular formula is C27H24N4O2S. The van der Waals surface area contributed by atoms with Crippen LogP contribution < -0.4 is 10.9 Å². The normalized spacial score (nSPS) is 11.3. The second-order valence-corrected chi connectivity index (χ2v) is 9.37. The van der Waals surface area contributed by atoms with E-state index in [2.05, 4.69) is 16.4 Å². The molecule has 5 aromatic rings. The van der Waals surface area contributed by atoms with Gasteiger partial charge in [-0.1, -0.05) is 54.2 Å². The van der Waals surface area contributed by atoms with Crippen molar-refractivity contribution in [1.29, 1.82) is 0 Å². The number of benzene rings is 3. The first-order chi connectivity index (χ1) is 16.4. The lowest BCUT2D eigenvalue weighted by molar-refractivity contribution is -0.113. The SMILES string of the molecule is Cc1cc(C)cc(NC(=O)CSc2nc3c([nH]c4ccccc43)c(=O)n2-c2ccccc2C)c1. The van der Waals surface area contributed by atoms with Crippen molar-refractivity contribution in [2.75, 3.05) is 11.1 Å². The maximum atomic E-state index is 13.7. The first kappa shape index (κ1) is 22.0. The standard InChI is InChI=1S/C27H24N4O2S/c1-16-12-17(2)14-19(13-16)28-23(32)15-34-27-30-24-20-9-5-6-10-21(20)29-25(24)26(33)31(27)22-11-7-4-8-18(22)3/h4-14,29H,15H2,1-3H3,(H,28,32). The van der Waals surface area contributed by atoms with Crippen molar-refractivity contribution in [3.63, 3.8) is 0 Å². The van der Waals surface area contributed by atoms with Gasteiger partial charge in [-0.25, -0.2) is 4.98 Å². The van der Waals surface area contributed by atoms with Gasteiger partial charge in [-0.2, -0.15) is 0 Å². The highest BCUT2D eigenvalue weighted by Gasteiger charge is 2.19. The van der Waals surface area contributed by atoms with Gasteiger partial charge in [0.2, 0.25) is 5.91 Å². The van der Waals surface area contributed by atoms with Crippen molar-refractivity contribution in [3.05, 3.63) is 93.8 Å². The van der Waals surface area contributed by atoms with Gasteiger partial charge in [0.1, 0.15) is 11.0 Å². The average Bonchev–Trinajstić information content (AvgIpc) is 3.17. The highest BCUT2D eigenvalue weighted by atomic mass is 32.2. The largest absolute Gasteiger partial charge is 0.349 e. The topological polar surface area (TPSA) is 79.8 Å². The molecule has 0 unspecified atom stereocenters. The van der Waals surface area contributed by atoms with Crippen molar-refractivity contribution in [2.45, 2.75) is 25.9 Å². The quantitative estimate of drug-likeness (QED) is 0.263. The van der Waals surface area contributed by atoms with E-state index in [4.69, 9.17) is 4.98 Å². The van der Waals surface area contributed by atoms with Crippen LogP contribution in [0.15, 0.2) is 76.7 Å². The Balaban J connectivity index is 1.56. The molecule has 0 atom stereocenters. The van der Waals surface area contributed by atoms with E-state index in [1.54, 1.807) is 4.57 Å².